The highest BCUT2D eigenvalue weighted by molar-refractivity contribution is 6.42. The minimum Gasteiger partial charge on any atom is -0.356 e. The summed E-state index contributed by atoms with van der Waals surface area (Å²) in [6.07, 6.45) is 2.52. The molecule has 2 aromatic rings. The lowest BCUT2D eigenvalue weighted by atomic mass is 9.98. The summed E-state index contributed by atoms with van der Waals surface area (Å²) in [5.74, 6) is 1.77. The van der Waals surface area contributed by atoms with Gasteiger partial charge in [-0.3, -0.25) is 0 Å². The van der Waals surface area contributed by atoms with Crippen molar-refractivity contribution in [1.29, 1.82) is 0 Å². The lowest BCUT2D eigenvalue weighted by molar-refractivity contribution is 0.274. The van der Waals surface area contributed by atoms with Gasteiger partial charge in [-0.05, 0) is 24.8 Å². The topological polar surface area (TPSA) is 15.6 Å². The zero-order valence-electron chi connectivity index (χ0n) is 11.9. The largest absolute Gasteiger partial charge is 0.356 e. The third kappa shape index (κ3) is 2.04. The summed E-state index contributed by atoms with van der Waals surface area (Å²) in [5, 5.41) is 3.48. The second-order valence-electron chi connectivity index (χ2n) is 6.05. The summed E-state index contributed by atoms with van der Waals surface area (Å²) in [6, 6.07) is 8.02. The van der Waals surface area contributed by atoms with Crippen LogP contribution in [0.2, 0.25) is 10.0 Å². The van der Waals surface area contributed by atoms with Crippen molar-refractivity contribution < 1.29 is 0 Å². The second kappa shape index (κ2) is 4.89. The van der Waals surface area contributed by atoms with E-state index < -0.39 is 0 Å². The Labute approximate surface area is 134 Å². The predicted molar refractivity (Wildman–Crippen MR) is 90.1 cm³/mol. The molecule has 0 aliphatic carbocycles. The van der Waals surface area contributed by atoms with Crippen LogP contribution >= 0.6 is 23.2 Å². The van der Waals surface area contributed by atoms with E-state index in [9.17, 15) is 0 Å². The van der Waals surface area contributed by atoms with Crippen LogP contribution in [0.15, 0.2) is 29.3 Å². The normalized spacial score (nSPS) is 21.0. The molecule has 21 heavy (non-hydrogen) atoms. The molecule has 0 saturated carbocycles. The van der Waals surface area contributed by atoms with E-state index in [1.165, 1.54) is 18.4 Å². The Morgan fingerprint density at radius 3 is 2.90 bits per heavy atom. The third-order valence-electron chi connectivity index (χ3n) is 4.45. The average molecular weight is 319 g/mol. The number of hydrogen-bond donors (Lipinski definition) is 0. The van der Waals surface area contributed by atoms with Crippen molar-refractivity contribution in [2.24, 2.45) is 10.9 Å². The monoisotopic (exact) mass is 318 g/mol. The van der Waals surface area contributed by atoms with E-state index in [-0.39, 0.29) is 0 Å². The first-order valence-corrected chi connectivity index (χ1v) is 8.15. The number of aliphatic imine (C=N–C) groups is 1. The molecule has 0 radical (unpaired) electrons. The summed E-state index contributed by atoms with van der Waals surface area (Å²) in [5.41, 5.74) is 2.04. The van der Waals surface area contributed by atoms with Gasteiger partial charge in [-0.15, -0.1) is 0 Å². The molecule has 0 amide bonds. The molecule has 2 aliphatic rings. The highest BCUT2D eigenvalue weighted by atomic mass is 35.5. The maximum Gasteiger partial charge on any atom is 0.137 e. The molecule has 2 nitrogen and oxygen atoms in total. The number of halogens is 2. The van der Waals surface area contributed by atoms with Gasteiger partial charge in [0.05, 0.1) is 15.7 Å². The molecule has 1 saturated heterocycles. The molecule has 2 heterocycles. The molecule has 0 aromatic heterocycles. The molecule has 0 unspecified atom stereocenters. The Hall–Kier alpha value is -1.25. The van der Waals surface area contributed by atoms with Crippen LogP contribution < -0.4 is 0 Å². The first-order valence-electron chi connectivity index (χ1n) is 7.40. The number of piperidine rings is 1. The van der Waals surface area contributed by atoms with Gasteiger partial charge >= 0.3 is 0 Å². The van der Waals surface area contributed by atoms with Gasteiger partial charge in [0.1, 0.15) is 5.84 Å². The molecule has 4 heteroatoms. The van der Waals surface area contributed by atoms with Crippen LogP contribution in [0.25, 0.3) is 10.8 Å². The van der Waals surface area contributed by atoms with E-state index >= 15 is 0 Å². The molecular weight excluding hydrogens is 303 g/mol. The molecule has 1 fully saturated rings. The smallest absolute Gasteiger partial charge is 0.137 e. The molecule has 2 aromatic carbocycles. The van der Waals surface area contributed by atoms with Crippen molar-refractivity contribution >= 4 is 45.5 Å². The first-order chi connectivity index (χ1) is 10.1. The molecule has 0 N–H and O–H groups in total. The van der Waals surface area contributed by atoms with Crippen LogP contribution in [-0.2, 0) is 0 Å². The number of hydrogen-bond acceptors (Lipinski definition) is 2. The van der Waals surface area contributed by atoms with Crippen molar-refractivity contribution in [3.8, 4) is 0 Å². The van der Waals surface area contributed by atoms with Crippen LogP contribution in [-0.4, -0.2) is 23.8 Å². The lowest BCUT2D eigenvalue weighted by Gasteiger charge is -2.32. The average Bonchev–Trinajstić information content (AvgIpc) is 2.86. The Bertz CT molecular complexity index is 767. The lowest BCUT2D eigenvalue weighted by Crippen LogP contribution is -2.39. The maximum absolute atomic E-state index is 6.36. The number of nitrogens with zero attached hydrogens (tertiary/aromatic N) is 2. The molecule has 0 bridgehead atoms. The number of amidine groups is 1. The van der Waals surface area contributed by atoms with Gasteiger partial charge in [0.2, 0.25) is 0 Å². The van der Waals surface area contributed by atoms with Gasteiger partial charge in [-0.1, -0.05) is 48.3 Å². The van der Waals surface area contributed by atoms with Crippen LogP contribution in [0.4, 0.5) is 5.69 Å². The van der Waals surface area contributed by atoms with Gasteiger partial charge in [0.25, 0.3) is 0 Å². The fourth-order valence-corrected chi connectivity index (χ4v) is 4.04. The number of rotatable bonds is 0. The second-order valence-corrected chi connectivity index (χ2v) is 6.86. The number of likely N-dealkylation sites (tertiary alicyclic amines) is 1. The van der Waals surface area contributed by atoms with Crippen LogP contribution in [0.1, 0.15) is 25.3 Å². The summed E-state index contributed by atoms with van der Waals surface area (Å²) in [7, 11) is 0. The first kappa shape index (κ1) is 13.4. The maximum atomic E-state index is 6.36. The molecule has 1 atom stereocenters. The highest BCUT2D eigenvalue weighted by Gasteiger charge is 2.28. The Kier molecular flexibility index (Phi) is 3.13. The standard InChI is InChI=1S/C17H16Cl2N2/c1-10-4-3-7-21(9-10)17-12-6-2-5-11-13(18)8-14(19)16(20-17)15(11)12/h2,5-6,8,10H,3-4,7,9H2,1H3/t10-/m0/s1. The Morgan fingerprint density at radius 2 is 2.10 bits per heavy atom. The summed E-state index contributed by atoms with van der Waals surface area (Å²) in [6.45, 7) is 4.44. The van der Waals surface area contributed by atoms with E-state index in [0.29, 0.717) is 16.0 Å². The van der Waals surface area contributed by atoms with Gasteiger partial charge in [-0.2, -0.15) is 0 Å². The van der Waals surface area contributed by atoms with Crippen molar-refractivity contribution in [1.82, 2.24) is 4.90 Å². The van der Waals surface area contributed by atoms with Crippen LogP contribution in [0, 0.1) is 5.92 Å². The van der Waals surface area contributed by atoms with Gasteiger partial charge in [-0.25, -0.2) is 4.99 Å². The Morgan fingerprint density at radius 1 is 1.24 bits per heavy atom. The van der Waals surface area contributed by atoms with Crippen molar-refractivity contribution in [2.75, 3.05) is 13.1 Å². The summed E-state index contributed by atoms with van der Waals surface area (Å²) < 4.78 is 0. The zero-order valence-corrected chi connectivity index (χ0v) is 13.4. The minimum absolute atomic E-state index is 0.639. The SMILES string of the molecule is C[C@H]1CCCN(C2=Nc3c(Cl)cc(Cl)c4cccc2c34)C1. The van der Waals surface area contributed by atoms with E-state index in [0.717, 1.165) is 35.4 Å². The molecule has 108 valence electrons. The summed E-state index contributed by atoms with van der Waals surface area (Å²) >= 11 is 12.7. The predicted octanol–water partition coefficient (Wildman–Crippen LogP) is 5.27. The summed E-state index contributed by atoms with van der Waals surface area (Å²) in [4.78, 5) is 7.24. The van der Waals surface area contributed by atoms with Crippen molar-refractivity contribution in [2.45, 2.75) is 19.8 Å². The highest BCUT2D eigenvalue weighted by Crippen LogP contribution is 2.44. The van der Waals surface area contributed by atoms with Crippen molar-refractivity contribution in [3.63, 3.8) is 0 Å². The minimum atomic E-state index is 0.639. The molecule has 2 aliphatic heterocycles. The zero-order chi connectivity index (χ0) is 14.6. The molecular formula is C17H16Cl2N2. The third-order valence-corrected chi connectivity index (χ3v) is 5.05. The van der Waals surface area contributed by atoms with E-state index in [1.54, 1.807) is 6.07 Å². The van der Waals surface area contributed by atoms with Gasteiger partial charge in [0.15, 0.2) is 0 Å². The van der Waals surface area contributed by atoms with E-state index in [4.69, 9.17) is 28.2 Å². The van der Waals surface area contributed by atoms with Crippen LogP contribution in [0.5, 0.6) is 0 Å². The van der Waals surface area contributed by atoms with E-state index in [1.807, 2.05) is 6.07 Å². The fraction of sp³-hybridized carbons (Fsp3) is 0.353. The van der Waals surface area contributed by atoms with Crippen LogP contribution in [0.3, 0.4) is 0 Å². The van der Waals surface area contributed by atoms with Crippen molar-refractivity contribution in [3.05, 3.63) is 39.9 Å². The molecule has 0 spiro atoms. The Balaban J connectivity index is 1.89. The fourth-order valence-electron chi connectivity index (χ4n) is 3.47. The number of benzene rings is 2. The van der Waals surface area contributed by atoms with Gasteiger partial charge in [0, 0.05) is 29.4 Å². The quantitative estimate of drug-likeness (QED) is 0.646. The van der Waals surface area contributed by atoms with Gasteiger partial charge < -0.3 is 4.90 Å². The molecule has 4 rings (SSSR count). The van der Waals surface area contributed by atoms with E-state index in [2.05, 4.69) is 24.0 Å².